The molecule has 0 N–H and O–H groups in total. The van der Waals surface area contributed by atoms with Crippen LogP contribution in [0, 0.1) is 6.92 Å². The van der Waals surface area contributed by atoms with Crippen LogP contribution in [0.4, 0.5) is 0 Å². The van der Waals surface area contributed by atoms with Crippen molar-refractivity contribution in [2.45, 2.75) is 0 Å². The molecule has 0 bridgehead atoms. The molecule has 0 atom stereocenters. The van der Waals surface area contributed by atoms with Gasteiger partial charge in [-0.1, -0.05) is 6.07 Å². The SMILES string of the molecule is [CH2-]c1ccc(OC)c(OC)c1.[Pt]=[C]1N=CC=N1. The Balaban J connectivity index is 0.000000202. The summed E-state index contributed by atoms with van der Waals surface area (Å²) in [4.78, 5) is 7.59. The number of ether oxygens (including phenoxy) is 2. The molecule has 0 fully saturated rings. The van der Waals surface area contributed by atoms with Crippen LogP contribution < -0.4 is 9.47 Å². The third kappa shape index (κ3) is 4.53. The van der Waals surface area contributed by atoms with E-state index in [0.717, 1.165) is 21.2 Å². The molecule has 0 saturated carbocycles. The van der Waals surface area contributed by atoms with Crippen LogP contribution in [-0.4, -0.2) is 30.8 Å². The summed E-state index contributed by atoms with van der Waals surface area (Å²) in [5.74, 6) is 1.46. The van der Waals surface area contributed by atoms with Crippen LogP contribution in [0.25, 0.3) is 0 Å². The average molecular weight is 412 g/mol. The molecule has 17 heavy (non-hydrogen) atoms. The molecule has 0 spiro atoms. The van der Waals surface area contributed by atoms with E-state index in [-0.39, 0.29) is 0 Å². The van der Waals surface area contributed by atoms with E-state index in [1.54, 1.807) is 26.6 Å². The summed E-state index contributed by atoms with van der Waals surface area (Å²) in [6.45, 7) is 3.77. The van der Waals surface area contributed by atoms with E-state index in [2.05, 4.69) is 16.9 Å². The third-order valence-corrected chi connectivity index (χ3v) is 2.45. The first kappa shape index (κ1) is 13.7. The summed E-state index contributed by atoms with van der Waals surface area (Å²) < 4.78 is 10.9. The standard InChI is InChI=1S/C9H11O2.C3H2N2.Pt/c1-7-4-5-8(10-2)9(6-7)11-3;1-2-5-3-4-1;/h4-6H,1H2,2-3H3;1-2H;/q-1;;. The fourth-order valence-corrected chi connectivity index (χ4v) is 1.43. The molecule has 0 aliphatic carbocycles. The summed E-state index contributed by atoms with van der Waals surface area (Å²) >= 11 is 2.04. The second-order valence-electron chi connectivity index (χ2n) is 2.99. The Bertz CT molecular complexity index is 442. The Labute approximate surface area is 112 Å². The zero-order valence-electron chi connectivity index (χ0n) is 9.62. The van der Waals surface area contributed by atoms with Crippen molar-refractivity contribution in [2.75, 3.05) is 14.2 Å². The van der Waals surface area contributed by atoms with Crippen LogP contribution in [0.5, 0.6) is 11.5 Å². The topological polar surface area (TPSA) is 43.2 Å². The van der Waals surface area contributed by atoms with Crippen molar-refractivity contribution in [1.29, 1.82) is 0 Å². The van der Waals surface area contributed by atoms with Crippen molar-refractivity contribution in [3.63, 3.8) is 0 Å². The van der Waals surface area contributed by atoms with Gasteiger partial charge in [-0.05, 0) is 0 Å². The molecule has 0 aromatic heterocycles. The fraction of sp³-hybridized carbons (Fsp3) is 0.167. The second kappa shape index (κ2) is 7.02. The normalized spacial score (nSPS) is 12.1. The van der Waals surface area contributed by atoms with Gasteiger partial charge in [0.15, 0.2) is 0 Å². The molecule has 4 nitrogen and oxygen atoms in total. The first-order valence-electron chi connectivity index (χ1n) is 4.77. The monoisotopic (exact) mass is 412 g/mol. The Hall–Kier alpha value is -1.41. The number of benzene rings is 1. The van der Waals surface area contributed by atoms with Crippen LogP contribution in [0.3, 0.4) is 0 Å². The van der Waals surface area contributed by atoms with Gasteiger partial charge in [-0.2, -0.15) is 18.6 Å². The molecule has 2 rings (SSSR count). The Morgan fingerprint density at radius 1 is 1.06 bits per heavy atom. The Morgan fingerprint density at radius 2 is 1.65 bits per heavy atom. The minimum atomic E-state index is 0.722. The number of hydrogen-bond donors (Lipinski definition) is 0. The van der Waals surface area contributed by atoms with Crippen molar-refractivity contribution in [1.82, 2.24) is 0 Å². The van der Waals surface area contributed by atoms with Crippen molar-refractivity contribution >= 4 is 16.6 Å². The molecule has 0 saturated heterocycles. The zero-order valence-corrected chi connectivity index (χ0v) is 11.9. The van der Waals surface area contributed by atoms with E-state index >= 15 is 0 Å². The second-order valence-corrected chi connectivity index (χ2v) is 4.00. The van der Waals surface area contributed by atoms with E-state index in [4.69, 9.17) is 9.47 Å². The first-order valence-corrected chi connectivity index (χ1v) is 5.91. The van der Waals surface area contributed by atoms with Crippen molar-refractivity contribution in [2.24, 2.45) is 9.98 Å². The molecule has 94 valence electrons. The molecular weight excluding hydrogens is 399 g/mol. The van der Waals surface area contributed by atoms with E-state index in [1.165, 1.54) is 0 Å². The molecule has 0 amide bonds. The predicted octanol–water partition coefficient (Wildman–Crippen LogP) is 1.66. The first-order chi connectivity index (χ1) is 8.17. The van der Waals surface area contributed by atoms with Gasteiger partial charge in [0, 0.05) is 0 Å². The van der Waals surface area contributed by atoms with Crippen LogP contribution in [0.1, 0.15) is 5.56 Å². The predicted molar refractivity (Wildman–Crippen MR) is 66.0 cm³/mol. The molecular formula is C12H13N2O2Pt-. The third-order valence-electron chi connectivity index (χ3n) is 1.86. The number of nitrogens with zero attached hydrogens (tertiary/aromatic N) is 2. The van der Waals surface area contributed by atoms with Crippen LogP contribution in [0.15, 0.2) is 28.2 Å². The quantitative estimate of drug-likeness (QED) is 0.694. The van der Waals surface area contributed by atoms with Crippen molar-refractivity contribution in [3.8, 4) is 11.5 Å². The number of methoxy groups -OCH3 is 2. The van der Waals surface area contributed by atoms with Gasteiger partial charge >= 0.3 is 45.9 Å². The van der Waals surface area contributed by atoms with Gasteiger partial charge in [-0.25, -0.2) is 0 Å². The molecule has 0 radical (unpaired) electrons. The number of hydrogen-bond acceptors (Lipinski definition) is 4. The molecule has 1 aromatic carbocycles. The van der Waals surface area contributed by atoms with Gasteiger partial charge in [-0.15, -0.1) is 6.07 Å². The molecule has 1 aromatic rings. The summed E-state index contributed by atoms with van der Waals surface area (Å²) in [6.07, 6.45) is 3.34. The summed E-state index contributed by atoms with van der Waals surface area (Å²) in [7, 11) is 3.22. The summed E-state index contributed by atoms with van der Waals surface area (Å²) in [5.41, 5.74) is 0.919. The Kier molecular flexibility index (Phi) is 5.64. The van der Waals surface area contributed by atoms with Gasteiger partial charge in [-0.3, -0.25) is 0 Å². The van der Waals surface area contributed by atoms with Gasteiger partial charge in [0.05, 0.1) is 14.2 Å². The van der Waals surface area contributed by atoms with E-state index < -0.39 is 0 Å². The molecule has 5 heteroatoms. The van der Waals surface area contributed by atoms with Gasteiger partial charge in [0.1, 0.15) is 11.5 Å². The zero-order chi connectivity index (χ0) is 12.7. The van der Waals surface area contributed by atoms with Gasteiger partial charge < -0.3 is 9.47 Å². The van der Waals surface area contributed by atoms with Crippen molar-refractivity contribution < 1.29 is 28.8 Å². The summed E-state index contributed by atoms with van der Waals surface area (Å²) in [5, 5.41) is 0. The van der Waals surface area contributed by atoms with Crippen LogP contribution >= 0.6 is 0 Å². The summed E-state index contributed by atoms with van der Waals surface area (Å²) in [6, 6.07) is 5.54. The molecule has 0 unspecified atom stereocenters. The molecule has 1 aliphatic heterocycles. The van der Waals surface area contributed by atoms with E-state index in [1.807, 2.05) is 37.6 Å². The van der Waals surface area contributed by atoms with Crippen LogP contribution in [0.2, 0.25) is 0 Å². The molecule has 1 aliphatic rings. The number of rotatable bonds is 2. The van der Waals surface area contributed by atoms with E-state index in [0.29, 0.717) is 0 Å². The van der Waals surface area contributed by atoms with Gasteiger partial charge in [0.2, 0.25) is 0 Å². The van der Waals surface area contributed by atoms with Crippen molar-refractivity contribution in [3.05, 3.63) is 30.7 Å². The maximum atomic E-state index is 5.05. The average Bonchev–Trinajstić information content (AvgIpc) is 2.81. The maximum absolute atomic E-state index is 5.05. The van der Waals surface area contributed by atoms with E-state index in [9.17, 15) is 0 Å². The minimum absolute atomic E-state index is 0.722. The Morgan fingerprint density at radius 3 is 2.06 bits per heavy atom. The van der Waals surface area contributed by atoms with Gasteiger partial charge in [0.25, 0.3) is 0 Å². The fourth-order valence-electron chi connectivity index (χ4n) is 1.09. The van der Waals surface area contributed by atoms with Crippen LogP contribution in [-0.2, 0) is 19.4 Å². The number of aliphatic imine (C=N–C) groups is 2. The molecule has 1 heterocycles.